The van der Waals surface area contributed by atoms with Crippen molar-refractivity contribution in [1.29, 1.82) is 0 Å². The maximum atomic E-state index is 11.4. The minimum absolute atomic E-state index is 0. The normalized spacial score (nSPS) is 13.4. The molecule has 0 spiro atoms. The number of nitrogens with zero attached hydrogens (tertiary/aromatic N) is 2. The SMILES string of the molecule is CCNC(=NCCCNS(=O)(=O)CC)NC(C)CCCN(CC)CC.I. The quantitative estimate of drug-likeness (QED) is 0.146. The molecule has 0 radical (unpaired) electrons. The van der Waals surface area contributed by atoms with Gasteiger partial charge in [0, 0.05) is 25.7 Å². The van der Waals surface area contributed by atoms with Gasteiger partial charge in [0.25, 0.3) is 0 Å². The lowest BCUT2D eigenvalue weighted by Crippen LogP contribution is -2.42. The van der Waals surface area contributed by atoms with Crippen LogP contribution in [0.15, 0.2) is 4.99 Å². The van der Waals surface area contributed by atoms with Gasteiger partial charge in [0.1, 0.15) is 0 Å². The molecule has 0 aliphatic rings. The smallest absolute Gasteiger partial charge is 0.211 e. The zero-order valence-electron chi connectivity index (χ0n) is 17.2. The lowest BCUT2D eigenvalue weighted by Gasteiger charge is -2.21. The second kappa shape index (κ2) is 17.0. The van der Waals surface area contributed by atoms with Crippen LogP contribution in [0.2, 0.25) is 0 Å². The van der Waals surface area contributed by atoms with Crippen LogP contribution in [0.25, 0.3) is 0 Å². The van der Waals surface area contributed by atoms with Crippen LogP contribution in [0.1, 0.15) is 53.9 Å². The Kier molecular flexibility index (Phi) is 18.4. The van der Waals surface area contributed by atoms with Crippen molar-refractivity contribution in [2.24, 2.45) is 4.99 Å². The molecule has 0 saturated heterocycles. The van der Waals surface area contributed by atoms with Gasteiger partial charge in [-0.25, -0.2) is 13.1 Å². The second-order valence-corrected chi connectivity index (χ2v) is 8.22. The van der Waals surface area contributed by atoms with Crippen molar-refractivity contribution in [3.8, 4) is 0 Å². The lowest BCUT2D eigenvalue weighted by molar-refractivity contribution is 0.292. The molecule has 158 valence electrons. The van der Waals surface area contributed by atoms with E-state index in [1.165, 1.54) is 0 Å². The van der Waals surface area contributed by atoms with Crippen LogP contribution >= 0.6 is 24.0 Å². The number of aliphatic imine (C=N–C) groups is 1. The first-order valence-corrected chi connectivity index (χ1v) is 11.3. The van der Waals surface area contributed by atoms with Gasteiger partial charge in [0.2, 0.25) is 10.0 Å². The fourth-order valence-electron chi connectivity index (χ4n) is 2.39. The molecule has 0 saturated carbocycles. The molecule has 0 aromatic rings. The molecule has 0 heterocycles. The van der Waals surface area contributed by atoms with Gasteiger partial charge in [-0.3, -0.25) is 4.99 Å². The zero-order valence-corrected chi connectivity index (χ0v) is 20.3. The number of nitrogens with one attached hydrogen (secondary N) is 3. The van der Waals surface area contributed by atoms with E-state index in [2.05, 4.69) is 46.0 Å². The molecule has 1 atom stereocenters. The highest BCUT2D eigenvalue weighted by atomic mass is 127. The van der Waals surface area contributed by atoms with Gasteiger partial charge in [0.05, 0.1) is 5.75 Å². The average molecular weight is 506 g/mol. The Morgan fingerprint density at radius 3 is 2.31 bits per heavy atom. The molecule has 7 nitrogen and oxygen atoms in total. The molecule has 0 rings (SSSR count). The summed E-state index contributed by atoms with van der Waals surface area (Å²) in [5.41, 5.74) is 0. The molecule has 3 N–H and O–H groups in total. The third kappa shape index (κ3) is 15.0. The summed E-state index contributed by atoms with van der Waals surface area (Å²) in [4.78, 5) is 6.96. The first kappa shape index (κ1) is 28.1. The van der Waals surface area contributed by atoms with Crippen LogP contribution in [-0.2, 0) is 10.0 Å². The van der Waals surface area contributed by atoms with Crippen molar-refractivity contribution in [2.45, 2.75) is 59.9 Å². The molecule has 0 aromatic carbocycles. The van der Waals surface area contributed by atoms with Gasteiger partial charge in [-0.1, -0.05) is 13.8 Å². The number of halogens is 1. The van der Waals surface area contributed by atoms with E-state index in [1.54, 1.807) is 6.92 Å². The fraction of sp³-hybridized carbons (Fsp3) is 0.941. The van der Waals surface area contributed by atoms with Gasteiger partial charge in [0.15, 0.2) is 5.96 Å². The topological polar surface area (TPSA) is 85.8 Å². The van der Waals surface area contributed by atoms with Crippen LogP contribution in [0.4, 0.5) is 0 Å². The molecular weight excluding hydrogens is 465 g/mol. The van der Waals surface area contributed by atoms with E-state index < -0.39 is 10.0 Å². The molecule has 0 aliphatic heterocycles. The van der Waals surface area contributed by atoms with Crippen molar-refractivity contribution in [3.05, 3.63) is 0 Å². The van der Waals surface area contributed by atoms with Crippen LogP contribution in [0.3, 0.4) is 0 Å². The zero-order chi connectivity index (χ0) is 19.1. The van der Waals surface area contributed by atoms with E-state index in [0.29, 0.717) is 25.6 Å². The minimum Gasteiger partial charge on any atom is -0.357 e. The summed E-state index contributed by atoms with van der Waals surface area (Å²) in [7, 11) is -3.11. The number of hydrogen-bond acceptors (Lipinski definition) is 4. The van der Waals surface area contributed by atoms with Crippen molar-refractivity contribution >= 4 is 40.0 Å². The highest BCUT2D eigenvalue weighted by Gasteiger charge is 2.07. The van der Waals surface area contributed by atoms with Crippen LogP contribution in [0.5, 0.6) is 0 Å². The predicted octanol–water partition coefficient (Wildman–Crippen LogP) is 2.00. The third-order valence-corrected chi connectivity index (χ3v) is 5.44. The summed E-state index contributed by atoms with van der Waals surface area (Å²) in [5.74, 6) is 0.919. The average Bonchev–Trinajstić information content (AvgIpc) is 2.58. The molecule has 0 aromatic heterocycles. The van der Waals surface area contributed by atoms with E-state index in [1.807, 2.05) is 6.92 Å². The van der Waals surface area contributed by atoms with Gasteiger partial charge in [-0.05, 0) is 59.7 Å². The number of sulfonamides is 1. The van der Waals surface area contributed by atoms with E-state index in [4.69, 9.17) is 0 Å². The molecule has 1 unspecified atom stereocenters. The summed E-state index contributed by atoms with van der Waals surface area (Å²) in [6.45, 7) is 15.4. The van der Waals surface area contributed by atoms with Gasteiger partial charge >= 0.3 is 0 Å². The Labute approximate surface area is 178 Å². The fourth-order valence-corrected chi connectivity index (χ4v) is 3.05. The maximum Gasteiger partial charge on any atom is 0.211 e. The van der Waals surface area contributed by atoms with Gasteiger partial charge < -0.3 is 15.5 Å². The monoisotopic (exact) mass is 505 g/mol. The van der Waals surface area contributed by atoms with E-state index >= 15 is 0 Å². The Balaban J connectivity index is 0. The maximum absolute atomic E-state index is 11.4. The Morgan fingerprint density at radius 2 is 1.77 bits per heavy atom. The molecule has 9 heteroatoms. The third-order valence-electron chi connectivity index (χ3n) is 4.04. The summed E-state index contributed by atoms with van der Waals surface area (Å²) >= 11 is 0. The van der Waals surface area contributed by atoms with Gasteiger partial charge in [-0.15, -0.1) is 24.0 Å². The standard InChI is InChI=1S/C17H39N5O2S.HI/c1-6-18-17(19-13-11-14-20-25(23,24)9-4)21-16(5)12-10-15-22(7-2)8-3;/h16,20H,6-15H2,1-5H3,(H2,18,19,21);1H. The summed E-state index contributed by atoms with van der Waals surface area (Å²) in [5, 5.41) is 6.67. The second-order valence-electron chi connectivity index (χ2n) is 6.13. The van der Waals surface area contributed by atoms with E-state index in [9.17, 15) is 8.42 Å². The Morgan fingerprint density at radius 1 is 1.12 bits per heavy atom. The van der Waals surface area contributed by atoms with Crippen molar-refractivity contribution in [3.63, 3.8) is 0 Å². The molecule has 0 aliphatic carbocycles. The molecule has 26 heavy (non-hydrogen) atoms. The van der Waals surface area contributed by atoms with Crippen LogP contribution in [-0.4, -0.2) is 70.3 Å². The Bertz CT molecular complexity index is 456. The van der Waals surface area contributed by atoms with E-state index in [-0.39, 0.29) is 29.7 Å². The highest BCUT2D eigenvalue weighted by molar-refractivity contribution is 14.0. The molecule has 0 fully saturated rings. The largest absolute Gasteiger partial charge is 0.357 e. The highest BCUT2D eigenvalue weighted by Crippen LogP contribution is 1.99. The van der Waals surface area contributed by atoms with Crippen LogP contribution < -0.4 is 15.4 Å². The number of guanidine groups is 1. The summed E-state index contributed by atoms with van der Waals surface area (Å²) < 4.78 is 25.3. The first-order valence-electron chi connectivity index (χ1n) is 9.62. The van der Waals surface area contributed by atoms with E-state index in [0.717, 1.165) is 45.0 Å². The molecule has 0 bridgehead atoms. The van der Waals surface area contributed by atoms with Crippen molar-refractivity contribution in [1.82, 2.24) is 20.3 Å². The Hall–Kier alpha value is -0.130. The minimum atomic E-state index is -3.11. The molecule has 0 amide bonds. The van der Waals surface area contributed by atoms with Gasteiger partial charge in [-0.2, -0.15) is 0 Å². The molecular formula is C17H40IN5O2S. The first-order chi connectivity index (χ1) is 11.9. The van der Waals surface area contributed by atoms with Crippen molar-refractivity contribution in [2.75, 3.05) is 45.0 Å². The number of hydrogen-bond donors (Lipinski definition) is 3. The number of rotatable bonds is 14. The van der Waals surface area contributed by atoms with Crippen molar-refractivity contribution < 1.29 is 8.42 Å². The van der Waals surface area contributed by atoms with Crippen LogP contribution in [0, 0.1) is 0 Å². The summed E-state index contributed by atoms with van der Waals surface area (Å²) in [6.07, 6.45) is 2.94. The summed E-state index contributed by atoms with van der Waals surface area (Å²) in [6, 6.07) is 0.354. The lowest BCUT2D eigenvalue weighted by atomic mass is 10.2. The predicted molar refractivity (Wildman–Crippen MR) is 123 cm³/mol.